The van der Waals surface area contributed by atoms with Gasteiger partial charge in [-0.05, 0) is 12.1 Å². The summed E-state index contributed by atoms with van der Waals surface area (Å²) in [6, 6.07) is 6.65. The first-order valence-electron chi connectivity index (χ1n) is 6.12. The van der Waals surface area contributed by atoms with E-state index in [4.69, 9.17) is 24.6 Å². The Labute approximate surface area is 130 Å². The molecule has 0 heterocycles. The predicted molar refractivity (Wildman–Crippen MR) is 75.5 cm³/mol. The summed E-state index contributed by atoms with van der Waals surface area (Å²) in [6.45, 7) is 0.539. The van der Waals surface area contributed by atoms with Crippen molar-refractivity contribution in [1.82, 2.24) is 0 Å². The molecular weight excluding hydrogens is 469 g/mol. The van der Waals surface area contributed by atoms with E-state index in [1.165, 1.54) is 18.6 Å². The Morgan fingerprint density at radius 2 is 2.00 bits per heavy atom. The Bertz CT molecular complexity index is 368. The summed E-state index contributed by atoms with van der Waals surface area (Å²) >= 11 is -0.472. The molecule has 1 unspecified atom stereocenters. The molecule has 2 rings (SSSR count). The van der Waals surface area contributed by atoms with Crippen molar-refractivity contribution in [2.45, 2.75) is 44.3 Å². The van der Waals surface area contributed by atoms with E-state index in [9.17, 15) is 4.39 Å². The molecule has 19 heavy (non-hydrogen) atoms. The number of rotatable bonds is 3. The maximum Gasteiger partial charge on any atom is 0.123 e. The Kier molecular flexibility index (Phi) is 9.26. The van der Waals surface area contributed by atoms with Gasteiger partial charge in [0.05, 0.1) is 0 Å². The number of halogens is 3. The topological polar surface area (TPSA) is 37.9 Å². The van der Waals surface area contributed by atoms with Gasteiger partial charge in [0.1, 0.15) is 5.82 Å². The Balaban J connectivity index is 0.000000550. The number of nitrogens with zero attached hydrogens (tertiary/aromatic N) is 1. The summed E-state index contributed by atoms with van der Waals surface area (Å²) in [4.78, 5) is 0. The van der Waals surface area contributed by atoms with Crippen LogP contribution in [0.25, 0.3) is 11.1 Å². The normalized spacial score (nSPS) is 22.7. The van der Waals surface area contributed by atoms with E-state index in [0.29, 0.717) is 6.54 Å². The van der Waals surface area contributed by atoms with Crippen LogP contribution in [0.15, 0.2) is 24.3 Å². The summed E-state index contributed by atoms with van der Waals surface area (Å²) in [6.07, 6.45) is 4.30. The van der Waals surface area contributed by atoms with Crippen LogP contribution in [-0.2, 0) is 23.0 Å². The molecule has 1 saturated carbocycles. The summed E-state index contributed by atoms with van der Waals surface area (Å²) in [7, 11) is 9.75. The van der Waals surface area contributed by atoms with Crippen molar-refractivity contribution in [3.63, 3.8) is 0 Å². The van der Waals surface area contributed by atoms with Gasteiger partial charge >= 0.3 is 35.3 Å². The standard InChI is InChI=1S/C13H17FN2.2ClH.Pt/c14-11-5-3-4-10(8-11)9-16-13-7-2-1-6-12(13)15;;;/h3-5,8,12-13,15H,1-2,6-7,9H2;2*1H;/q-2;;;+4/p-2/t12?,13-;;;/m1.../s1. The average Bonchev–Trinajstić information content (AvgIpc) is 2.39. The monoisotopic (exact) mass is 485 g/mol. The van der Waals surface area contributed by atoms with Gasteiger partial charge in [-0.25, -0.2) is 4.39 Å². The molecule has 1 fully saturated rings. The number of hydrogen-bond donors (Lipinski definition) is 0. The van der Waals surface area contributed by atoms with E-state index < -0.39 is 16.5 Å². The maximum absolute atomic E-state index is 12.9. The van der Waals surface area contributed by atoms with Crippen molar-refractivity contribution in [3.05, 3.63) is 46.7 Å². The van der Waals surface area contributed by atoms with Gasteiger partial charge in [-0.15, -0.1) is 6.54 Å². The molecule has 1 aliphatic carbocycles. The third-order valence-corrected chi connectivity index (χ3v) is 3.13. The molecule has 0 bridgehead atoms. The zero-order chi connectivity index (χ0) is 14.1. The third kappa shape index (κ3) is 7.06. The van der Waals surface area contributed by atoms with E-state index in [2.05, 4.69) is 5.32 Å². The summed E-state index contributed by atoms with van der Waals surface area (Å²) in [5, 5.41) is 4.52. The van der Waals surface area contributed by atoms with Crippen molar-refractivity contribution in [3.8, 4) is 0 Å². The number of nitrogens with one attached hydrogen (secondary N) is 1. The van der Waals surface area contributed by atoms with Gasteiger partial charge in [-0.3, -0.25) is 0 Å². The second kappa shape index (κ2) is 10.1. The Hall–Kier alpha value is 0.338. The van der Waals surface area contributed by atoms with Crippen LogP contribution >= 0.6 is 18.8 Å². The van der Waals surface area contributed by atoms with Gasteiger partial charge in [-0.1, -0.05) is 43.4 Å². The van der Waals surface area contributed by atoms with Crippen LogP contribution in [0.1, 0.15) is 31.2 Å². The van der Waals surface area contributed by atoms with Crippen LogP contribution in [-0.4, -0.2) is 12.1 Å². The molecule has 1 aliphatic rings. The summed E-state index contributed by atoms with van der Waals surface area (Å²) < 4.78 is 12.9. The van der Waals surface area contributed by atoms with Crippen LogP contribution in [0, 0.1) is 5.82 Å². The SMILES string of the molecule is [Cl][Pt+2][Cl].[NH-]C1CCCC[C@H]1[N-]Cc1cccc(F)c1. The molecule has 0 aliphatic heterocycles. The fourth-order valence-corrected chi connectivity index (χ4v) is 2.19. The largest absolute Gasteiger partial charge is 0.676 e. The summed E-state index contributed by atoms with van der Waals surface area (Å²) in [5.41, 5.74) is 8.77. The van der Waals surface area contributed by atoms with E-state index in [-0.39, 0.29) is 17.9 Å². The average molecular weight is 486 g/mol. The molecule has 0 radical (unpaired) electrons. The van der Waals surface area contributed by atoms with Gasteiger partial charge in [-0.2, -0.15) is 12.1 Å². The van der Waals surface area contributed by atoms with Crippen molar-refractivity contribution < 1.29 is 20.9 Å². The molecule has 1 aromatic rings. The minimum Gasteiger partial charge on any atom is -0.676 e. The smallest absolute Gasteiger partial charge is 0.123 e. The van der Waals surface area contributed by atoms with Crippen molar-refractivity contribution in [2.24, 2.45) is 0 Å². The molecule has 0 spiro atoms. The first-order chi connectivity index (χ1) is 9.17. The third-order valence-electron chi connectivity index (χ3n) is 3.13. The predicted octanol–water partition coefficient (Wildman–Crippen LogP) is 5.44. The molecule has 1 aromatic carbocycles. The molecule has 0 amide bonds. The van der Waals surface area contributed by atoms with Gasteiger partial charge in [0.25, 0.3) is 0 Å². The van der Waals surface area contributed by atoms with Gasteiger partial charge < -0.3 is 11.1 Å². The zero-order valence-electron chi connectivity index (χ0n) is 10.4. The first kappa shape index (κ1) is 17.4. The van der Waals surface area contributed by atoms with Crippen molar-refractivity contribution in [1.29, 1.82) is 0 Å². The minimum atomic E-state index is -0.472. The Morgan fingerprint density at radius 3 is 2.63 bits per heavy atom. The minimum absolute atomic E-state index is 0.0534. The van der Waals surface area contributed by atoms with Gasteiger partial charge in [0, 0.05) is 0 Å². The van der Waals surface area contributed by atoms with E-state index in [0.717, 1.165) is 24.8 Å². The van der Waals surface area contributed by atoms with Gasteiger partial charge in [0.15, 0.2) is 0 Å². The molecular formula is C13H17Cl2FN2Pt. The number of hydrogen-bond acceptors (Lipinski definition) is 0. The van der Waals surface area contributed by atoms with Crippen LogP contribution in [0.2, 0.25) is 0 Å². The molecule has 6 heteroatoms. The van der Waals surface area contributed by atoms with E-state index in [1.54, 1.807) is 6.07 Å². The number of benzene rings is 1. The fourth-order valence-electron chi connectivity index (χ4n) is 2.19. The van der Waals surface area contributed by atoms with Crippen molar-refractivity contribution in [2.75, 3.05) is 0 Å². The van der Waals surface area contributed by atoms with Crippen LogP contribution < -0.4 is 0 Å². The maximum atomic E-state index is 12.9. The quantitative estimate of drug-likeness (QED) is 0.546. The zero-order valence-corrected chi connectivity index (χ0v) is 14.2. The molecule has 2 atom stereocenters. The van der Waals surface area contributed by atoms with Crippen LogP contribution in [0.3, 0.4) is 0 Å². The molecule has 0 saturated heterocycles. The van der Waals surface area contributed by atoms with Crippen LogP contribution in [0.5, 0.6) is 0 Å². The Morgan fingerprint density at radius 1 is 1.32 bits per heavy atom. The molecule has 1 N–H and O–H groups in total. The second-order valence-corrected chi connectivity index (χ2v) is 7.76. The molecule has 110 valence electrons. The van der Waals surface area contributed by atoms with E-state index in [1.807, 2.05) is 6.07 Å². The molecule has 0 aromatic heterocycles. The summed E-state index contributed by atoms with van der Waals surface area (Å²) in [5.74, 6) is -0.209. The fraction of sp³-hybridized carbons (Fsp3) is 0.538. The van der Waals surface area contributed by atoms with Crippen molar-refractivity contribution >= 4 is 18.8 Å². The molecule has 2 nitrogen and oxygen atoms in total. The second-order valence-electron chi connectivity index (χ2n) is 4.47. The van der Waals surface area contributed by atoms with Gasteiger partial charge in [0.2, 0.25) is 0 Å². The van der Waals surface area contributed by atoms with Crippen LogP contribution in [0.4, 0.5) is 4.39 Å². The van der Waals surface area contributed by atoms with E-state index >= 15 is 0 Å². The first-order valence-corrected chi connectivity index (χ1v) is 11.7.